The number of hydrogen-bond acceptors (Lipinski definition) is 3. The van der Waals surface area contributed by atoms with Crippen LogP contribution in [-0.4, -0.2) is 16.7 Å². The summed E-state index contributed by atoms with van der Waals surface area (Å²) in [6.07, 6.45) is 5.11. The molecule has 0 saturated heterocycles. The number of allylic oxidation sites excluding steroid dienone is 2. The molecule has 1 aromatic rings. The van der Waals surface area contributed by atoms with Gasteiger partial charge < -0.3 is 5.11 Å². The summed E-state index contributed by atoms with van der Waals surface area (Å²) >= 11 is 0. The zero-order valence-corrected chi connectivity index (χ0v) is 13.4. The molecule has 3 nitrogen and oxygen atoms in total. The normalized spacial score (nSPS) is 36.8. The fraction of sp³-hybridized carbons (Fsp3) is 0.500. The van der Waals surface area contributed by atoms with Gasteiger partial charge in [0.1, 0.15) is 0 Å². The summed E-state index contributed by atoms with van der Waals surface area (Å²) in [7, 11) is 0. The summed E-state index contributed by atoms with van der Waals surface area (Å²) in [6, 6.07) is 10.1. The zero-order valence-electron chi connectivity index (χ0n) is 13.4. The van der Waals surface area contributed by atoms with Gasteiger partial charge in [-0.05, 0) is 36.8 Å². The number of fused-ring (bicyclic) bond motifs is 5. The van der Waals surface area contributed by atoms with Crippen molar-refractivity contribution in [2.75, 3.05) is 0 Å². The predicted molar refractivity (Wildman–Crippen MR) is 87.0 cm³/mol. The Morgan fingerprint density at radius 3 is 2.57 bits per heavy atom. The lowest BCUT2D eigenvalue weighted by Crippen LogP contribution is -2.42. The minimum absolute atomic E-state index is 0.0426. The van der Waals surface area contributed by atoms with Crippen LogP contribution in [0, 0.1) is 17.8 Å². The second kappa shape index (κ2) is 5.05. The Morgan fingerprint density at radius 1 is 1.09 bits per heavy atom. The Hall–Kier alpha value is -1.90. The topological polar surface area (TPSA) is 54.4 Å². The lowest BCUT2D eigenvalue weighted by Gasteiger charge is -2.38. The van der Waals surface area contributed by atoms with E-state index < -0.39 is 11.3 Å². The fourth-order valence-corrected chi connectivity index (χ4v) is 5.49. The van der Waals surface area contributed by atoms with E-state index in [2.05, 4.69) is 12.1 Å². The largest absolute Gasteiger partial charge is 0.504 e. The first-order valence-electron chi connectivity index (χ1n) is 8.62. The molecule has 0 radical (unpaired) electrons. The molecule has 0 aromatic heterocycles. The Bertz CT molecular complexity index is 703. The molecule has 0 heterocycles. The molecule has 0 unspecified atom stereocenters. The van der Waals surface area contributed by atoms with Crippen molar-refractivity contribution in [2.45, 2.75) is 44.4 Å². The van der Waals surface area contributed by atoms with E-state index in [9.17, 15) is 14.7 Å². The Kier molecular flexibility index (Phi) is 3.22. The molecule has 23 heavy (non-hydrogen) atoms. The molecule has 0 aliphatic heterocycles. The number of ketones is 2. The van der Waals surface area contributed by atoms with Gasteiger partial charge in [0.05, 0.1) is 5.92 Å². The van der Waals surface area contributed by atoms with Crippen molar-refractivity contribution in [3.8, 4) is 0 Å². The van der Waals surface area contributed by atoms with E-state index in [1.807, 2.05) is 18.2 Å². The van der Waals surface area contributed by atoms with Crippen molar-refractivity contribution >= 4 is 11.6 Å². The third-order valence-electron chi connectivity index (χ3n) is 6.42. The number of carbonyl (C=O) groups is 2. The summed E-state index contributed by atoms with van der Waals surface area (Å²) in [5, 5.41) is 10.3. The van der Waals surface area contributed by atoms with Crippen LogP contribution in [0.25, 0.3) is 0 Å². The Morgan fingerprint density at radius 2 is 1.83 bits per heavy atom. The van der Waals surface area contributed by atoms with Crippen molar-refractivity contribution in [2.24, 2.45) is 17.8 Å². The van der Waals surface area contributed by atoms with Crippen molar-refractivity contribution < 1.29 is 14.7 Å². The molecule has 2 fully saturated rings. The monoisotopic (exact) mass is 310 g/mol. The minimum Gasteiger partial charge on any atom is -0.504 e. The van der Waals surface area contributed by atoms with Gasteiger partial charge in [-0.25, -0.2) is 0 Å². The van der Waals surface area contributed by atoms with Gasteiger partial charge in [0, 0.05) is 11.3 Å². The smallest absolute Gasteiger partial charge is 0.208 e. The third-order valence-corrected chi connectivity index (χ3v) is 6.42. The summed E-state index contributed by atoms with van der Waals surface area (Å²) < 4.78 is 0. The van der Waals surface area contributed by atoms with Gasteiger partial charge >= 0.3 is 0 Å². The molecular weight excluding hydrogens is 288 g/mol. The molecular formula is C20H22O3. The highest BCUT2D eigenvalue weighted by Crippen LogP contribution is 2.61. The highest BCUT2D eigenvalue weighted by Gasteiger charge is 2.66. The van der Waals surface area contributed by atoms with Crippen LogP contribution in [0.2, 0.25) is 0 Å². The summed E-state index contributed by atoms with van der Waals surface area (Å²) in [4.78, 5) is 25.9. The Labute approximate surface area is 136 Å². The first kappa shape index (κ1) is 14.7. The first-order valence-corrected chi connectivity index (χ1v) is 8.62. The average molecular weight is 310 g/mol. The van der Waals surface area contributed by atoms with Crippen LogP contribution < -0.4 is 0 Å². The summed E-state index contributed by atoms with van der Waals surface area (Å²) in [6.45, 7) is 1.76. The summed E-state index contributed by atoms with van der Waals surface area (Å²) in [5.41, 5.74) is 1.27. The standard InChI is InChI=1S/C20H22O3/c1-12-15-14-10-6-3-7-11-20(14,13-8-4-2-5-9-13)16(18(15)22)19(23)17(12)21/h2,4-5,8-9,14-16,21H,3,6-7,10-11H2,1H3/t14-,15-,16+,20+/m0/s1. The number of hydrogen-bond donors (Lipinski definition) is 1. The number of aliphatic hydroxyl groups excluding tert-OH is 1. The molecule has 4 rings (SSSR count). The molecule has 3 aliphatic carbocycles. The van der Waals surface area contributed by atoms with Crippen LogP contribution in [0.15, 0.2) is 41.7 Å². The summed E-state index contributed by atoms with van der Waals surface area (Å²) in [5.74, 6) is -1.29. The van der Waals surface area contributed by atoms with Crippen LogP contribution in [-0.2, 0) is 15.0 Å². The maximum Gasteiger partial charge on any atom is 0.208 e. The van der Waals surface area contributed by atoms with Crippen LogP contribution in [0.4, 0.5) is 0 Å². The van der Waals surface area contributed by atoms with E-state index >= 15 is 0 Å². The van der Waals surface area contributed by atoms with Gasteiger partial charge in [-0.2, -0.15) is 0 Å². The molecule has 1 N–H and O–H groups in total. The van der Waals surface area contributed by atoms with Crippen LogP contribution >= 0.6 is 0 Å². The lowest BCUT2D eigenvalue weighted by molar-refractivity contribution is -0.134. The molecule has 4 atom stereocenters. The maximum atomic E-state index is 13.0. The van der Waals surface area contributed by atoms with Gasteiger partial charge in [0.2, 0.25) is 5.78 Å². The highest BCUT2D eigenvalue weighted by molar-refractivity contribution is 6.17. The SMILES string of the molecule is CC1=C(O)C(=O)[C@H]2C(=O)[C@@H]1[C@@H]1CCCCC[C@]21c1ccccc1. The van der Waals surface area contributed by atoms with E-state index in [4.69, 9.17) is 0 Å². The molecule has 1 aromatic carbocycles. The Balaban J connectivity index is 1.98. The van der Waals surface area contributed by atoms with Gasteiger partial charge in [-0.3, -0.25) is 9.59 Å². The fourth-order valence-electron chi connectivity index (χ4n) is 5.49. The third kappa shape index (κ3) is 1.76. The van der Waals surface area contributed by atoms with Gasteiger partial charge in [0.25, 0.3) is 0 Å². The van der Waals surface area contributed by atoms with Crippen molar-refractivity contribution in [1.29, 1.82) is 0 Å². The molecule has 3 aliphatic rings. The second-order valence-corrected chi connectivity index (χ2v) is 7.32. The number of Topliss-reactive ketones (excluding diaryl/α,β-unsaturated/α-hetero) is 2. The van der Waals surface area contributed by atoms with Gasteiger partial charge in [-0.1, -0.05) is 49.6 Å². The number of benzene rings is 1. The van der Waals surface area contributed by atoms with E-state index in [0.29, 0.717) is 5.57 Å². The lowest BCUT2D eigenvalue weighted by atomic mass is 9.63. The van der Waals surface area contributed by atoms with E-state index in [1.165, 1.54) is 0 Å². The molecule has 3 heteroatoms. The zero-order chi connectivity index (χ0) is 16.2. The number of rotatable bonds is 1. The van der Waals surface area contributed by atoms with E-state index in [0.717, 1.165) is 37.7 Å². The van der Waals surface area contributed by atoms with E-state index in [-0.39, 0.29) is 29.2 Å². The molecule has 2 bridgehead atoms. The van der Waals surface area contributed by atoms with Crippen molar-refractivity contribution in [3.63, 3.8) is 0 Å². The average Bonchev–Trinajstić information content (AvgIpc) is 2.69. The van der Waals surface area contributed by atoms with Crippen LogP contribution in [0.5, 0.6) is 0 Å². The van der Waals surface area contributed by atoms with Crippen LogP contribution in [0.3, 0.4) is 0 Å². The molecule has 0 spiro atoms. The van der Waals surface area contributed by atoms with Gasteiger partial charge in [-0.15, -0.1) is 0 Å². The molecule has 0 amide bonds. The van der Waals surface area contributed by atoms with Crippen molar-refractivity contribution in [3.05, 3.63) is 47.2 Å². The predicted octanol–water partition coefficient (Wildman–Crippen LogP) is 3.73. The highest BCUT2D eigenvalue weighted by atomic mass is 16.3. The maximum absolute atomic E-state index is 13.0. The number of aliphatic hydroxyl groups is 1. The molecule has 2 saturated carbocycles. The quantitative estimate of drug-likeness (QED) is 0.804. The number of carbonyl (C=O) groups excluding carboxylic acids is 2. The van der Waals surface area contributed by atoms with Gasteiger partial charge in [0.15, 0.2) is 11.5 Å². The van der Waals surface area contributed by atoms with Crippen LogP contribution in [0.1, 0.15) is 44.6 Å². The van der Waals surface area contributed by atoms with E-state index in [1.54, 1.807) is 6.92 Å². The minimum atomic E-state index is -0.693. The first-order chi connectivity index (χ1) is 11.1. The second-order valence-electron chi connectivity index (χ2n) is 7.32. The van der Waals surface area contributed by atoms with Crippen molar-refractivity contribution in [1.82, 2.24) is 0 Å². The molecule has 120 valence electrons.